The largest absolute Gasteiger partial charge is 0.481 e. The molecular weight excluding hydrogens is 396 g/mol. The Kier molecular flexibility index (Phi) is 7.28. The predicted molar refractivity (Wildman–Crippen MR) is 117 cm³/mol. The Bertz CT molecular complexity index is 913. The molecule has 0 fully saturated rings. The second kappa shape index (κ2) is 10.1. The van der Waals surface area contributed by atoms with Gasteiger partial charge in [-0.2, -0.15) is 0 Å². The van der Waals surface area contributed by atoms with Gasteiger partial charge in [0, 0.05) is 12.0 Å². The van der Waals surface area contributed by atoms with Crippen LogP contribution in [0.1, 0.15) is 50.2 Å². The van der Waals surface area contributed by atoms with Gasteiger partial charge in [-0.3, -0.25) is 9.59 Å². The number of hydrogen-bond acceptors (Lipinski definition) is 4. The minimum Gasteiger partial charge on any atom is -0.481 e. The molecule has 0 aliphatic heterocycles. The van der Waals surface area contributed by atoms with Crippen molar-refractivity contribution < 1.29 is 24.2 Å². The molecule has 0 heterocycles. The molecule has 0 saturated carbocycles. The zero-order chi connectivity index (χ0) is 22.4. The Labute approximate surface area is 181 Å². The summed E-state index contributed by atoms with van der Waals surface area (Å²) in [6.45, 7) is 3.68. The summed E-state index contributed by atoms with van der Waals surface area (Å²) < 4.78 is 5.51. The quantitative estimate of drug-likeness (QED) is 0.570. The molecule has 3 rings (SSSR count). The van der Waals surface area contributed by atoms with Crippen LogP contribution in [-0.4, -0.2) is 41.8 Å². The summed E-state index contributed by atoms with van der Waals surface area (Å²) in [6.07, 6.45) is 0.252. The molecule has 2 aromatic carbocycles. The summed E-state index contributed by atoms with van der Waals surface area (Å²) >= 11 is 0. The van der Waals surface area contributed by atoms with Crippen LogP contribution in [0, 0.1) is 0 Å². The molecule has 7 heteroatoms. The molecule has 7 nitrogen and oxygen atoms in total. The molecule has 31 heavy (non-hydrogen) atoms. The number of carboxylic acid groups (broad SMARTS) is 1. The molecule has 0 radical (unpaired) electrons. The Balaban J connectivity index is 1.62. The van der Waals surface area contributed by atoms with Crippen molar-refractivity contribution in [2.24, 2.45) is 0 Å². The molecule has 2 amide bonds. The van der Waals surface area contributed by atoms with Crippen LogP contribution >= 0.6 is 0 Å². The van der Waals surface area contributed by atoms with E-state index >= 15 is 0 Å². The van der Waals surface area contributed by atoms with Crippen molar-refractivity contribution in [3.63, 3.8) is 0 Å². The molecule has 0 aromatic heterocycles. The fourth-order valence-corrected chi connectivity index (χ4v) is 4.00. The van der Waals surface area contributed by atoms with E-state index < -0.39 is 30.1 Å². The first-order chi connectivity index (χ1) is 14.9. The van der Waals surface area contributed by atoms with Gasteiger partial charge in [-0.15, -0.1) is 0 Å². The van der Waals surface area contributed by atoms with Gasteiger partial charge in [0.2, 0.25) is 5.91 Å². The number of amides is 2. The maximum absolute atomic E-state index is 12.5. The van der Waals surface area contributed by atoms with E-state index in [1.807, 2.05) is 43.3 Å². The van der Waals surface area contributed by atoms with Crippen LogP contribution in [0.3, 0.4) is 0 Å². The standard InChI is InChI=1S/C24H28N2O5/c1-3-8-21(23(29)25-15(2)13-22(27)28)26-24(30)31-14-20-18-11-6-4-9-16(18)17-10-5-7-12-19(17)20/h4-7,9-12,15,20-21H,3,8,13-14H2,1-2H3,(H,25,29)(H,26,30)(H,27,28)/t15-,21+/m0/s1. The van der Waals surface area contributed by atoms with Crippen LogP contribution in [0.2, 0.25) is 0 Å². The summed E-state index contributed by atoms with van der Waals surface area (Å²) in [4.78, 5) is 35.8. The summed E-state index contributed by atoms with van der Waals surface area (Å²) in [5, 5.41) is 14.1. The lowest BCUT2D eigenvalue weighted by atomic mass is 9.98. The number of ether oxygens (including phenoxy) is 1. The summed E-state index contributed by atoms with van der Waals surface area (Å²) in [7, 11) is 0. The van der Waals surface area contributed by atoms with Crippen LogP contribution in [0.5, 0.6) is 0 Å². The van der Waals surface area contributed by atoms with Gasteiger partial charge in [0.1, 0.15) is 12.6 Å². The SMILES string of the molecule is CCC[C@@H](NC(=O)OCC1c2ccccc2-c2ccccc21)C(=O)N[C@@H](C)CC(=O)O. The first kappa shape index (κ1) is 22.3. The van der Waals surface area contributed by atoms with Crippen molar-refractivity contribution in [2.75, 3.05) is 6.61 Å². The Morgan fingerprint density at radius 3 is 2.13 bits per heavy atom. The number of carbonyl (C=O) groups is 3. The molecule has 0 unspecified atom stereocenters. The third-order valence-corrected chi connectivity index (χ3v) is 5.40. The summed E-state index contributed by atoms with van der Waals surface area (Å²) in [5.41, 5.74) is 4.51. The highest BCUT2D eigenvalue weighted by molar-refractivity contribution is 5.86. The molecule has 3 N–H and O–H groups in total. The van der Waals surface area contributed by atoms with Crippen molar-refractivity contribution >= 4 is 18.0 Å². The first-order valence-corrected chi connectivity index (χ1v) is 10.5. The zero-order valence-electron chi connectivity index (χ0n) is 17.8. The van der Waals surface area contributed by atoms with Gasteiger partial charge >= 0.3 is 12.1 Å². The highest BCUT2D eigenvalue weighted by atomic mass is 16.5. The second-order valence-electron chi connectivity index (χ2n) is 7.82. The highest BCUT2D eigenvalue weighted by Gasteiger charge is 2.29. The number of alkyl carbamates (subject to hydrolysis) is 1. The number of aliphatic carboxylic acids is 1. The topological polar surface area (TPSA) is 105 Å². The summed E-state index contributed by atoms with van der Waals surface area (Å²) in [5.74, 6) is -1.47. The average molecular weight is 424 g/mol. The summed E-state index contributed by atoms with van der Waals surface area (Å²) in [6, 6.07) is 14.8. The smallest absolute Gasteiger partial charge is 0.407 e. The second-order valence-corrected chi connectivity index (χ2v) is 7.82. The number of rotatable bonds is 9. The van der Waals surface area contributed by atoms with Crippen LogP contribution in [0.25, 0.3) is 11.1 Å². The predicted octanol–water partition coefficient (Wildman–Crippen LogP) is 3.67. The van der Waals surface area contributed by atoms with E-state index in [2.05, 4.69) is 22.8 Å². The van der Waals surface area contributed by atoms with E-state index in [0.717, 1.165) is 22.3 Å². The lowest BCUT2D eigenvalue weighted by Gasteiger charge is -2.21. The van der Waals surface area contributed by atoms with Crippen molar-refractivity contribution in [2.45, 2.75) is 51.1 Å². The van der Waals surface area contributed by atoms with E-state index in [1.165, 1.54) is 0 Å². The van der Waals surface area contributed by atoms with Crippen molar-refractivity contribution in [1.29, 1.82) is 0 Å². The number of carboxylic acids is 1. The number of benzene rings is 2. The Morgan fingerprint density at radius 1 is 1.00 bits per heavy atom. The number of hydrogen-bond donors (Lipinski definition) is 3. The fourth-order valence-electron chi connectivity index (χ4n) is 4.00. The van der Waals surface area contributed by atoms with Crippen LogP contribution in [0.4, 0.5) is 4.79 Å². The Morgan fingerprint density at radius 2 is 1.58 bits per heavy atom. The molecule has 0 saturated heterocycles. The fraction of sp³-hybridized carbons (Fsp3) is 0.375. The van der Waals surface area contributed by atoms with Crippen molar-refractivity contribution in [3.8, 4) is 11.1 Å². The lowest BCUT2D eigenvalue weighted by molar-refractivity contribution is -0.137. The van der Waals surface area contributed by atoms with Crippen LogP contribution < -0.4 is 10.6 Å². The van der Waals surface area contributed by atoms with E-state index in [0.29, 0.717) is 12.8 Å². The maximum Gasteiger partial charge on any atom is 0.407 e. The van der Waals surface area contributed by atoms with E-state index in [4.69, 9.17) is 9.84 Å². The molecule has 0 spiro atoms. The van der Waals surface area contributed by atoms with Gasteiger partial charge in [0.15, 0.2) is 0 Å². The van der Waals surface area contributed by atoms with Gasteiger partial charge in [0.25, 0.3) is 0 Å². The van der Waals surface area contributed by atoms with Crippen LogP contribution in [-0.2, 0) is 14.3 Å². The highest BCUT2D eigenvalue weighted by Crippen LogP contribution is 2.44. The van der Waals surface area contributed by atoms with Gasteiger partial charge in [-0.1, -0.05) is 61.9 Å². The maximum atomic E-state index is 12.5. The normalized spacial score (nSPS) is 14.1. The van der Waals surface area contributed by atoms with Crippen molar-refractivity contribution in [1.82, 2.24) is 10.6 Å². The van der Waals surface area contributed by atoms with E-state index in [-0.39, 0.29) is 18.9 Å². The van der Waals surface area contributed by atoms with E-state index in [9.17, 15) is 14.4 Å². The van der Waals surface area contributed by atoms with Crippen molar-refractivity contribution in [3.05, 3.63) is 59.7 Å². The third-order valence-electron chi connectivity index (χ3n) is 5.40. The number of nitrogens with one attached hydrogen (secondary N) is 2. The minimum absolute atomic E-state index is 0.0628. The monoisotopic (exact) mass is 424 g/mol. The molecule has 1 aliphatic carbocycles. The average Bonchev–Trinajstić information content (AvgIpc) is 3.05. The van der Waals surface area contributed by atoms with Gasteiger partial charge in [-0.05, 0) is 35.6 Å². The third kappa shape index (κ3) is 5.42. The molecular formula is C24H28N2O5. The van der Waals surface area contributed by atoms with Crippen LogP contribution in [0.15, 0.2) is 48.5 Å². The Hall–Kier alpha value is -3.35. The van der Waals surface area contributed by atoms with Gasteiger partial charge < -0.3 is 20.5 Å². The molecule has 1 aliphatic rings. The van der Waals surface area contributed by atoms with Gasteiger partial charge in [0.05, 0.1) is 6.42 Å². The first-order valence-electron chi connectivity index (χ1n) is 10.5. The minimum atomic E-state index is -0.996. The number of carbonyl (C=O) groups excluding carboxylic acids is 2. The van der Waals surface area contributed by atoms with Gasteiger partial charge in [-0.25, -0.2) is 4.79 Å². The zero-order valence-corrected chi connectivity index (χ0v) is 17.8. The molecule has 0 bridgehead atoms. The molecule has 164 valence electrons. The number of fused-ring (bicyclic) bond motifs is 3. The lowest BCUT2D eigenvalue weighted by Crippen LogP contribution is -2.49. The molecule has 2 aromatic rings. The molecule has 2 atom stereocenters. The van der Waals surface area contributed by atoms with E-state index in [1.54, 1.807) is 6.92 Å².